The molecular formula is C8H11N3O3. The van der Waals surface area contributed by atoms with Crippen LogP contribution in [0.25, 0.3) is 0 Å². The Morgan fingerprint density at radius 2 is 2.43 bits per heavy atom. The van der Waals surface area contributed by atoms with Crippen molar-refractivity contribution >= 4 is 5.69 Å². The van der Waals surface area contributed by atoms with Crippen molar-refractivity contribution < 1.29 is 10.0 Å². The Labute approximate surface area is 80.5 Å². The van der Waals surface area contributed by atoms with Crippen molar-refractivity contribution in [2.45, 2.75) is 13.0 Å². The first-order valence-corrected chi connectivity index (χ1v) is 4.03. The lowest BCUT2D eigenvalue weighted by Gasteiger charge is -2.07. The fourth-order valence-electron chi connectivity index (χ4n) is 1.03. The van der Waals surface area contributed by atoms with E-state index in [9.17, 15) is 10.1 Å². The van der Waals surface area contributed by atoms with E-state index in [1.165, 1.54) is 12.3 Å². The molecule has 14 heavy (non-hydrogen) atoms. The molecule has 0 saturated carbocycles. The number of nitro groups is 1. The molecule has 0 saturated heterocycles. The molecule has 0 spiro atoms. The smallest absolute Gasteiger partial charge is 0.290 e. The number of pyridine rings is 1. The summed E-state index contributed by atoms with van der Waals surface area (Å²) in [7, 11) is 0. The highest BCUT2D eigenvalue weighted by Crippen LogP contribution is 2.19. The molecule has 6 nitrogen and oxygen atoms in total. The van der Waals surface area contributed by atoms with Crippen LogP contribution in [-0.4, -0.2) is 21.6 Å². The first-order chi connectivity index (χ1) is 6.56. The first-order valence-electron chi connectivity index (χ1n) is 4.03. The number of aliphatic hydroxyl groups excluding tert-OH is 1. The van der Waals surface area contributed by atoms with Crippen molar-refractivity contribution in [2.24, 2.45) is 5.73 Å². The van der Waals surface area contributed by atoms with E-state index in [0.29, 0.717) is 11.3 Å². The second-order valence-electron chi connectivity index (χ2n) is 2.92. The van der Waals surface area contributed by atoms with Gasteiger partial charge in [-0.05, 0) is 12.5 Å². The van der Waals surface area contributed by atoms with Crippen LogP contribution in [0.2, 0.25) is 0 Å². The van der Waals surface area contributed by atoms with Crippen molar-refractivity contribution in [1.82, 2.24) is 4.98 Å². The Kier molecular flexibility index (Phi) is 3.10. The van der Waals surface area contributed by atoms with E-state index in [2.05, 4.69) is 4.98 Å². The number of aromatic nitrogens is 1. The van der Waals surface area contributed by atoms with Gasteiger partial charge in [0.25, 0.3) is 5.69 Å². The predicted molar refractivity (Wildman–Crippen MR) is 49.6 cm³/mol. The molecule has 6 heteroatoms. The molecule has 0 aromatic carbocycles. The summed E-state index contributed by atoms with van der Waals surface area (Å²) in [6, 6.07) is 0.713. The van der Waals surface area contributed by atoms with Crippen LogP contribution in [0.1, 0.15) is 17.3 Å². The number of nitrogens with two attached hydrogens (primary N) is 1. The molecule has 1 aromatic rings. The quantitative estimate of drug-likeness (QED) is 0.535. The van der Waals surface area contributed by atoms with Gasteiger partial charge < -0.3 is 10.8 Å². The molecule has 1 aromatic heterocycles. The molecule has 76 valence electrons. The van der Waals surface area contributed by atoms with E-state index < -0.39 is 11.0 Å². The summed E-state index contributed by atoms with van der Waals surface area (Å²) < 4.78 is 0. The number of rotatable bonds is 3. The van der Waals surface area contributed by atoms with Crippen LogP contribution in [-0.2, 0) is 0 Å². The monoisotopic (exact) mass is 197 g/mol. The molecular weight excluding hydrogens is 186 g/mol. The summed E-state index contributed by atoms with van der Waals surface area (Å²) in [6.07, 6.45) is 1.43. The molecule has 1 atom stereocenters. The highest BCUT2D eigenvalue weighted by atomic mass is 16.6. The SMILES string of the molecule is Cc1ncc([C@H](N)CO)cc1[N+](=O)[O-]. The molecule has 3 N–H and O–H groups in total. The number of hydrogen-bond acceptors (Lipinski definition) is 5. The van der Waals surface area contributed by atoms with Crippen LogP contribution < -0.4 is 5.73 Å². The van der Waals surface area contributed by atoms with Crippen LogP contribution in [0.3, 0.4) is 0 Å². The Bertz CT molecular complexity index is 354. The second-order valence-corrected chi connectivity index (χ2v) is 2.92. The van der Waals surface area contributed by atoms with E-state index in [4.69, 9.17) is 10.8 Å². The van der Waals surface area contributed by atoms with Crippen molar-refractivity contribution in [3.05, 3.63) is 33.6 Å². The minimum absolute atomic E-state index is 0.0774. The van der Waals surface area contributed by atoms with E-state index >= 15 is 0 Å². The summed E-state index contributed by atoms with van der Waals surface area (Å²) in [6.45, 7) is 1.29. The van der Waals surface area contributed by atoms with Crippen molar-refractivity contribution in [3.63, 3.8) is 0 Å². The number of nitrogens with zero attached hydrogens (tertiary/aromatic N) is 2. The summed E-state index contributed by atoms with van der Waals surface area (Å²) in [5.74, 6) is 0. The highest BCUT2D eigenvalue weighted by Gasteiger charge is 2.15. The van der Waals surface area contributed by atoms with Gasteiger partial charge in [-0.15, -0.1) is 0 Å². The van der Waals surface area contributed by atoms with Gasteiger partial charge in [0.15, 0.2) is 0 Å². The second kappa shape index (κ2) is 4.12. The van der Waals surface area contributed by atoms with Gasteiger partial charge in [0.2, 0.25) is 0 Å². The molecule has 0 bridgehead atoms. The van der Waals surface area contributed by atoms with E-state index in [0.717, 1.165) is 0 Å². The van der Waals surface area contributed by atoms with E-state index in [-0.39, 0.29) is 12.3 Å². The fourth-order valence-corrected chi connectivity index (χ4v) is 1.03. The van der Waals surface area contributed by atoms with Crippen LogP contribution in [0, 0.1) is 17.0 Å². The number of aliphatic hydroxyl groups is 1. The molecule has 0 aliphatic carbocycles. The average Bonchev–Trinajstić information content (AvgIpc) is 2.17. The van der Waals surface area contributed by atoms with Gasteiger partial charge in [0, 0.05) is 12.3 Å². The van der Waals surface area contributed by atoms with E-state index in [1.807, 2.05) is 0 Å². The normalized spacial score (nSPS) is 12.5. The largest absolute Gasteiger partial charge is 0.394 e. The van der Waals surface area contributed by atoms with Crippen molar-refractivity contribution in [2.75, 3.05) is 6.61 Å². The zero-order valence-electron chi connectivity index (χ0n) is 7.67. The van der Waals surface area contributed by atoms with Gasteiger partial charge in [-0.25, -0.2) is 0 Å². The van der Waals surface area contributed by atoms with Gasteiger partial charge >= 0.3 is 0 Å². The molecule has 0 amide bonds. The summed E-state index contributed by atoms with van der Waals surface area (Å²) in [5.41, 5.74) is 6.22. The van der Waals surface area contributed by atoms with Gasteiger partial charge in [-0.3, -0.25) is 15.1 Å². The molecule has 0 unspecified atom stereocenters. The third-order valence-corrected chi connectivity index (χ3v) is 1.90. The molecule has 0 radical (unpaired) electrons. The maximum absolute atomic E-state index is 10.5. The van der Waals surface area contributed by atoms with E-state index in [1.54, 1.807) is 6.92 Å². The van der Waals surface area contributed by atoms with Crippen molar-refractivity contribution in [3.8, 4) is 0 Å². The summed E-state index contributed by atoms with van der Waals surface area (Å²) in [4.78, 5) is 13.9. The summed E-state index contributed by atoms with van der Waals surface area (Å²) >= 11 is 0. The lowest BCUT2D eigenvalue weighted by Crippen LogP contribution is -2.15. The maximum Gasteiger partial charge on any atom is 0.290 e. The Balaban J connectivity index is 3.12. The van der Waals surface area contributed by atoms with Crippen molar-refractivity contribution in [1.29, 1.82) is 0 Å². The summed E-state index contributed by atoms with van der Waals surface area (Å²) in [5, 5.41) is 19.3. The molecule has 1 rings (SSSR count). The highest BCUT2D eigenvalue weighted by molar-refractivity contribution is 5.38. The fraction of sp³-hybridized carbons (Fsp3) is 0.375. The van der Waals surface area contributed by atoms with Gasteiger partial charge in [-0.2, -0.15) is 0 Å². The average molecular weight is 197 g/mol. The van der Waals surface area contributed by atoms with Crippen LogP contribution >= 0.6 is 0 Å². The third kappa shape index (κ3) is 2.04. The van der Waals surface area contributed by atoms with Gasteiger partial charge in [0.05, 0.1) is 17.6 Å². The zero-order chi connectivity index (χ0) is 10.7. The third-order valence-electron chi connectivity index (χ3n) is 1.90. The molecule has 1 heterocycles. The molecule has 0 fully saturated rings. The minimum Gasteiger partial charge on any atom is -0.394 e. The first kappa shape index (κ1) is 10.6. The Morgan fingerprint density at radius 1 is 1.79 bits per heavy atom. The Hall–Kier alpha value is -1.53. The Morgan fingerprint density at radius 3 is 2.93 bits per heavy atom. The standard InChI is InChI=1S/C8H11N3O3/c1-5-8(11(13)14)2-6(3-10-5)7(9)4-12/h2-3,7,12H,4,9H2,1H3/t7-/m1/s1. The molecule has 0 aliphatic rings. The topological polar surface area (TPSA) is 102 Å². The van der Waals surface area contributed by atoms with Crippen LogP contribution in [0.4, 0.5) is 5.69 Å². The molecule has 0 aliphatic heterocycles. The van der Waals surface area contributed by atoms with Gasteiger partial charge in [-0.1, -0.05) is 0 Å². The van der Waals surface area contributed by atoms with Crippen LogP contribution in [0.15, 0.2) is 12.3 Å². The lowest BCUT2D eigenvalue weighted by molar-refractivity contribution is -0.385. The zero-order valence-corrected chi connectivity index (χ0v) is 7.67. The number of aryl methyl sites for hydroxylation is 1. The minimum atomic E-state index is -0.623. The predicted octanol–water partition coefficient (Wildman–Crippen LogP) is 0.290. The number of hydrogen-bond donors (Lipinski definition) is 2. The lowest BCUT2D eigenvalue weighted by atomic mass is 10.1. The van der Waals surface area contributed by atoms with Gasteiger partial charge in [0.1, 0.15) is 5.69 Å². The maximum atomic E-state index is 10.5. The van der Waals surface area contributed by atoms with Crippen LogP contribution in [0.5, 0.6) is 0 Å².